The van der Waals surface area contributed by atoms with Crippen molar-refractivity contribution in [3.8, 4) is 0 Å². The molecule has 1 aliphatic rings. The van der Waals surface area contributed by atoms with Crippen LogP contribution in [0.5, 0.6) is 0 Å². The summed E-state index contributed by atoms with van der Waals surface area (Å²) in [5, 5.41) is 0. The molecular formula is C8H15F. The average Bonchev–Trinajstić information content (AvgIpc) is 2.45. The normalized spacial score (nSPS) is 25.7. The summed E-state index contributed by atoms with van der Waals surface area (Å²) in [6.07, 6.45) is 3.89. The molecule has 0 aromatic heterocycles. The highest BCUT2D eigenvalue weighted by molar-refractivity contribution is 4.88. The zero-order valence-electron chi connectivity index (χ0n) is 6.28. The van der Waals surface area contributed by atoms with Gasteiger partial charge < -0.3 is 0 Å². The van der Waals surface area contributed by atoms with Gasteiger partial charge in [-0.2, -0.15) is 0 Å². The molecule has 0 aromatic rings. The molecule has 0 N–H and O–H groups in total. The first-order valence-electron chi connectivity index (χ1n) is 3.76. The minimum absolute atomic E-state index is 0.542. The van der Waals surface area contributed by atoms with Crippen molar-refractivity contribution in [2.24, 2.45) is 5.41 Å². The first-order chi connectivity index (χ1) is 4.12. The Kier molecular flexibility index (Phi) is 1.78. The van der Waals surface area contributed by atoms with Gasteiger partial charge in [-0.15, -0.1) is 0 Å². The summed E-state index contributed by atoms with van der Waals surface area (Å²) in [4.78, 5) is 0. The van der Waals surface area contributed by atoms with E-state index < -0.39 is 6.17 Å². The molecule has 1 rings (SSSR count). The lowest BCUT2D eigenvalue weighted by atomic mass is 10.0. The van der Waals surface area contributed by atoms with Gasteiger partial charge in [0.1, 0.15) is 0 Å². The van der Waals surface area contributed by atoms with Gasteiger partial charge in [0.2, 0.25) is 0 Å². The SMILES string of the molecule is CC(F)CCC1(C)CC1. The van der Waals surface area contributed by atoms with Crippen LogP contribution in [-0.2, 0) is 0 Å². The first-order valence-corrected chi connectivity index (χ1v) is 3.76. The highest BCUT2D eigenvalue weighted by atomic mass is 19.1. The fourth-order valence-electron chi connectivity index (χ4n) is 1.01. The molecule has 9 heavy (non-hydrogen) atoms. The molecule has 0 spiro atoms. The van der Waals surface area contributed by atoms with Crippen molar-refractivity contribution in [1.82, 2.24) is 0 Å². The van der Waals surface area contributed by atoms with Crippen LogP contribution in [0.25, 0.3) is 0 Å². The first kappa shape index (κ1) is 7.04. The Balaban J connectivity index is 2.05. The number of hydrogen-bond donors (Lipinski definition) is 0. The number of rotatable bonds is 3. The Hall–Kier alpha value is -0.0700. The maximum atomic E-state index is 12.3. The quantitative estimate of drug-likeness (QED) is 0.551. The lowest BCUT2D eigenvalue weighted by Crippen LogP contribution is -1.98. The Bertz CT molecular complexity index is 92.7. The molecule has 1 saturated carbocycles. The molecule has 0 radical (unpaired) electrons. The van der Waals surface area contributed by atoms with E-state index in [2.05, 4.69) is 6.92 Å². The number of halogens is 1. The molecule has 0 bridgehead atoms. The van der Waals surface area contributed by atoms with Crippen LogP contribution in [-0.4, -0.2) is 6.17 Å². The highest BCUT2D eigenvalue weighted by Crippen LogP contribution is 2.49. The van der Waals surface area contributed by atoms with Gasteiger partial charge in [0.05, 0.1) is 6.17 Å². The largest absolute Gasteiger partial charge is 0.248 e. The van der Waals surface area contributed by atoms with Gasteiger partial charge >= 0.3 is 0 Å². The monoisotopic (exact) mass is 130 g/mol. The minimum Gasteiger partial charge on any atom is -0.248 e. The van der Waals surface area contributed by atoms with Crippen LogP contribution in [0, 0.1) is 5.41 Å². The Morgan fingerprint density at radius 2 is 2.11 bits per heavy atom. The summed E-state index contributed by atoms with van der Waals surface area (Å²) in [7, 11) is 0. The fraction of sp³-hybridized carbons (Fsp3) is 1.00. The van der Waals surface area contributed by atoms with Crippen LogP contribution in [0.4, 0.5) is 4.39 Å². The molecule has 54 valence electrons. The summed E-state index contributed by atoms with van der Waals surface area (Å²) in [6.45, 7) is 3.89. The van der Waals surface area contributed by atoms with E-state index in [0.717, 1.165) is 12.8 Å². The van der Waals surface area contributed by atoms with Crippen molar-refractivity contribution in [3.63, 3.8) is 0 Å². The molecule has 1 unspecified atom stereocenters. The van der Waals surface area contributed by atoms with E-state index in [0.29, 0.717) is 5.41 Å². The molecule has 0 saturated heterocycles. The Labute approximate surface area is 56.5 Å². The van der Waals surface area contributed by atoms with E-state index in [1.165, 1.54) is 12.8 Å². The van der Waals surface area contributed by atoms with Gasteiger partial charge in [0.25, 0.3) is 0 Å². The van der Waals surface area contributed by atoms with Gasteiger partial charge in [0, 0.05) is 0 Å². The van der Waals surface area contributed by atoms with Crippen LogP contribution < -0.4 is 0 Å². The second kappa shape index (κ2) is 2.28. The zero-order chi connectivity index (χ0) is 6.91. The summed E-state index contributed by atoms with van der Waals surface area (Å²) < 4.78 is 12.3. The third kappa shape index (κ3) is 2.33. The third-order valence-electron chi connectivity index (χ3n) is 2.25. The van der Waals surface area contributed by atoms with Crippen molar-refractivity contribution in [2.45, 2.75) is 45.7 Å². The molecule has 0 aromatic carbocycles. The van der Waals surface area contributed by atoms with Crippen molar-refractivity contribution in [1.29, 1.82) is 0 Å². The summed E-state index contributed by atoms with van der Waals surface area (Å²) in [5.41, 5.74) is 0.542. The molecule has 1 heteroatoms. The summed E-state index contributed by atoms with van der Waals surface area (Å²) in [6, 6.07) is 0. The van der Waals surface area contributed by atoms with Crippen LogP contribution >= 0.6 is 0 Å². The van der Waals surface area contributed by atoms with Gasteiger partial charge in [-0.1, -0.05) is 6.92 Å². The topological polar surface area (TPSA) is 0 Å². The molecule has 0 aliphatic heterocycles. The van der Waals surface area contributed by atoms with E-state index in [1.54, 1.807) is 6.92 Å². The number of hydrogen-bond acceptors (Lipinski definition) is 0. The van der Waals surface area contributed by atoms with Crippen molar-refractivity contribution in [3.05, 3.63) is 0 Å². The Morgan fingerprint density at radius 1 is 1.56 bits per heavy atom. The molecule has 0 heterocycles. The standard InChI is InChI=1S/C8H15F/c1-7(9)3-4-8(2)5-6-8/h7H,3-6H2,1-2H3. The minimum atomic E-state index is -0.595. The van der Waals surface area contributed by atoms with Crippen LogP contribution in [0.1, 0.15) is 39.5 Å². The number of alkyl halides is 1. The van der Waals surface area contributed by atoms with Gasteiger partial charge in [-0.25, -0.2) is 4.39 Å². The van der Waals surface area contributed by atoms with E-state index in [1.807, 2.05) is 0 Å². The zero-order valence-corrected chi connectivity index (χ0v) is 6.28. The van der Waals surface area contributed by atoms with Crippen molar-refractivity contribution in [2.75, 3.05) is 0 Å². The lowest BCUT2D eigenvalue weighted by Gasteiger charge is -2.06. The molecule has 0 nitrogen and oxygen atoms in total. The second-order valence-electron chi connectivity index (χ2n) is 3.63. The van der Waals surface area contributed by atoms with Gasteiger partial charge in [-0.05, 0) is 38.0 Å². The smallest absolute Gasteiger partial charge is 0.0973 e. The van der Waals surface area contributed by atoms with Gasteiger partial charge in [0.15, 0.2) is 0 Å². The molecular weight excluding hydrogens is 115 g/mol. The predicted octanol–water partition coefficient (Wildman–Crippen LogP) is 2.92. The van der Waals surface area contributed by atoms with E-state index in [9.17, 15) is 4.39 Å². The maximum absolute atomic E-state index is 12.3. The summed E-state index contributed by atoms with van der Waals surface area (Å²) in [5.74, 6) is 0. The second-order valence-corrected chi connectivity index (χ2v) is 3.63. The van der Waals surface area contributed by atoms with E-state index in [4.69, 9.17) is 0 Å². The lowest BCUT2D eigenvalue weighted by molar-refractivity contribution is 0.308. The summed E-state index contributed by atoms with van der Waals surface area (Å²) >= 11 is 0. The molecule has 0 amide bonds. The molecule has 1 atom stereocenters. The molecule has 1 aliphatic carbocycles. The highest BCUT2D eigenvalue weighted by Gasteiger charge is 2.36. The molecule has 1 fully saturated rings. The maximum Gasteiger partial charge on any atom is 0.0973 e. The van der Waals surface area contributed by atoms with Crippen LogP contribution in [0.15, 0.2) is 0 Å². The van der Waals surface area contributed by atoms with E-state index in [-0.39, 0.29) is 0 Å². The van der Waals surface area contributed by atoms with Crippen LogP contribution in [0.2, 0.25) is 0 Å². The fourth-order valence-corrected chi connectivity index (χ4v) is 1.01. The van der Waals surface area contributed by atoms with Crippen molar-refractivity contribution >= 4 is 0 Å². The Morgan fingerprint density at radius 3 is 2.44 bits per heavy atom. The average molecular weight is 130 g/mol. The predicted molar refractivity (Wildman–Crippen MR) is 37.1 cm³/mol. The van der Waals surface area contributed by atoms with E-state index >= 15 is 0 Å². The third-order valence-corrected chi connectivity index (χ3v) is 2.25. The van der Waals surface area contributed by atoms with Crippen LogP contribution in [0.3, 0.4) is 0 Å². The van der Waals surface area contributed by atoms with Crippen molar-refractivity contribution < 1.29 is 4.39 Å². The van der Waals surface area contributed by atoms with Gasteiger partial charge in [-0.3, -0.25) is 0 Å².